The molecule has 1 saturated carbocycles. The predicted molar refractivity (Wildman–Crippen MR) is 96.3 cm³/mol. The molecular weight excluding hydrogens is 338 g/mol. The van der Waals surface area contributed by atoms with Gasteiger partial charge in [0.05, 0.1) is 11.8 Å². The number of hydrogen-bond donors (Lipinski definition) is 2. The van der Waals surface area contributed by atoms with E-state index in [1.807, 2.05) is 24.3 Å². The first kappa shape index (κ1) is 17.7. The minimum Gasteiger partial charge on any atom is -0.379 e. The number of thioether (sulfide) groups is 1. The largest absolute Gasteiger partial charge is 0.379 e. The van der Waals surface area contributed by atoms with Crippen LogP contribution in [0.1, 0.15) is 36.4 Å². The minimum atomic E-state index is -0.776. The van der Waals surface area contributed by atoms with E-state index >= 15 is 0 Å². The van der Waals surface area contributed by atoms with Gasteiger partial charge in [0.25, 0.3) is 0 Å². The standard InChI is InChI=1S/C18H21N3O3S/c19-18(20)25-10-15(24)21-9-8-11-4-1-2-5-12(11)17(21)16-13(22)6-3-7-14(16)23/h1-2,4-5,16-17H,3,6-10H2,(H3,19,20). The maximum atomic E-state index is 12.7. The van der Waals surface area contributed by atoms with Crippen LogP contribution in [0.3, 0.4) is 0 Å². The topological polar surface area (TPSA) is 104 Å². The highest BCUT2D eigenvalue weighted by Gasteiger charge is 2.44. The molecule has 0 radical (unpaired) electrons. The number of fused-ring (bicyclic) bond motifs is 1. The van der Waals surface area contributed by atoms with Crippen LogP contribution in [0.4, 0.5) is 0 Å². The summed E-state index contributed by atoms with van der Waals surface area (Å²) in [5.41, 5.74) is 7.31. The molecule has 25 heavy (non-hydrogen) atoms. The van der Waals surface area contributed by atoms with Crippen molar-refractivity contribution in [3.05, 3.63) is 35.4 Å². The third-order valence-corrected chi connectivity index (χ3v) is 5.56. The van der Waals surface area contributed by atoms with Crippen molar-refractivity contribution in [2.24, 2.45) is 11.7 Å². The number of amides is 1. The van der Waals surface area contributed by atoms with Crippen LogP contribution in [0.5, 0.6) is 0 Å². The van der Waals surface area contributed by atoms with Gasteiger partial charge >= 0.3 is 0 Å². The molecule has 132 valence electrons. The summed E-state index contributed by atoms with van der Waals surface area (Å²) in [7, 11) is 0. The van der Waals surface area contributed by atoms with Crippen molar-refractivity contribution in [1.82, 2.24) is 4.90 Å². The summed E-state index contributed by atoms with van der Waals surface area (Å²) in [5.74, 6) is -1.07. The number of carbonyl (C=O) groups is 3. The van der Waals surface area contributed by atoms with Crippen molar-refractivity contribution >= 4 is 34.4 Å². The molecule has 0 bridgehead atoms. The summed E-state index contributed by atoms with van der Waals surface area (Å²) in [6.45, 7) is 0.468. The number of carbonyl (C=O) groups excluding carboxylic acids is 3. The third kappa shape index (κ3) is 3.61. The lowest BCUT2D eigenvalue weighted by atomic mass is 9.75. The summed E-state index contributed by atoms with van der Waals surface area (Å²) in [6.07, 6.45) is 2.06. The number of hydrogen-bond acceptors (Lipinski definition) is 5. The maximum absolute atomic E-state index is 12.7. The first-order chi connectivity index (χ1) is 12.0. The lowest BCUT2D eigenvalue weighted by molar-refractivity contribution is -0.142. The number of ketones is 2. The van der Waals surface area contributed by atoms with Gasteiger partial charge in [-0.15, -0.1) is 0 Å². The molecule has 1 aromatic carbocycles. The Morgan fingerprint density at radius 1 is 1.20 bits per heavy atom. The monoisotopic (exact) mass is 359 g/mol. The van der Waals surface area contributed by atoms with Crippen LogP contribution >= 0.6 is 11.8 Å². The highest BCUT2D eigenvalue weighted by Crippen LogP contribution is 2.39. The van der Waals surface area contributed by atoms with E-state index in [0.717, 1.165) is 22.9 Å². The van der Waals surface area contributed by atoms with Crippen LogP contribution in [-0.4, -0.2) is 39.8 Å². The van der Waals surface area contributed by atoms with E-state index in [9.17, 15) is 14.4 Å². The van der Waals surface area contributed by atoms with Gasteiger partial charge in [-0.1, -0.05) is 36.0 Å². The van der Waals surface area contributed by atoms with Crippen molar-refractivity contribution in [2.75, 3.05) is 12.3 Å². The van der Waals surface area contributed by atoms with Gasteiger partial charge in [0.1, 0.15) is 17.5 Å². The Labute approximate surface area is 150 Å². The molecule has 1 unspecified atom stereocenters. The summed E-state index contributed by atoms with van der Waals surface area (Å²) in [5, 5.41) is 7.17. The molecule has 0 saturated heterocycles. The molecule has 1 atom stereocenters. The number of rotatable bonds is 3. The summed E-state index contributed by atoms with van der Waals surface area (Å²) in [4.78, 5) is 39.4. The van der Waals surface area contributed by atoms with Crippen molar-refractivity contribution in [1.29, 1.82) is 5.41 Å². The van der Waals surface area contributed by atoms with Crippen molar-refractivity contribution in [3.8, 4) is 0 Å². The first-order valence-corrected chi connectivity index (χ1v) is 9.37. The van der Waals surface area contributed by atoms with Crippen molar-refractivity contribution in [3.63, 3.8) is 0 Å². The van der Waals surface area contributed by atoms with Crippen LogP contribution < -0.4 is 5.73 Å². The Morgan fingerprint density at radius 2 is 1.88 bits per heavy atom. The maximum Gasteiger partial charge on any atom is 0.233 e. The number of nitrogens with two attached hydrogens (primary N) is 1. The zero-order valence-electron chi connectivity index (χ0n) is 13.9. The number of benzene rings is 1. The lowest BCUT2D eigenvalue weighted by Gasteiger charge is -2.41. The van der Waals surface area contributed by atoms with E-state index in [0.29, 0.717) is 32.2 Å². The third-order valence-electron chi connectivity index (χ3n) is 4.86. The van der Waals surface area contributed by atoms with E-state index in [4.69, 9.17) is 11.1 Å². The lowest BCUT2D eigenvalue weighted by Crippen LogP contribution is -2.49. The molecule has 0 spiro atoms. The van der Waals surface area contributed by atoms with Crippen molar-refractivity contribution < 1.29 is 14.4 Å². The molecule has 1 heterocycles. The molecule has 7 heteroatoms. The van der Waals surface area contributed by atoms with Gasteiger partial charge in [-0.2, -0.15) is 0 Å². The average Bonchev–Trinajstić information content (AvgIpc) is 2.59. The zero-order chi connectivity index (χ0) is 18.0. The minimum absolute atomic E-state index is 0.0447. The van der Waals surface area contributed by atoms with Crippen LogP contribution in [0.25, 0.3) is 0 Å². The fourth-order valence-corrected chi connectivity index (χ4v) is 4.18. The quantitative estimate of drug-likeness (QED) is 0.485. The van der Waals surface area contributed by atoms with E-state index in [1.165, 1.54) is 0 Å². The smallest absolute Gasteiger partial charge is 0.233 e. The number of amidine groups is 1. The number of Topliss-reactive ketones (excluding diaryl/α,β-unsaturated/α-hetero) is 2. The second-order valence-electron chi connectivity index (χ2n) is 6.40. The molecule has 6 nitrogen and oxygen atoms in total. The first-order valence-electron chi connectivity index (χ1n) is 8.38. The predicted octanol–water partition coefficient (Wildman–Crippen LogP) is 1.68. The molecule has 1 aliphatic carbocycles. The van der Waals surface area contributed by atoms with Crippen molar-refractivity contribution in [2.45, 2.75) is 31.7 Å². The molecular formula is C18H21N3O3S. The molecule has 3 N–H and O–H groups in total. The van der Waals surface area contributed by atoms with Gasteiger partial charge < -0.3 is 10.6 Å². The van der Waals surface area contributed by atoms with Gasteiger partial charge in [-0.3, -0.25) is 19.8 Å². The highest BCUT2D eigenvalue weighted by molar-refractivity contribution is 8.14. The fraction of sp³-hybridized carbons (Fsp3) is 0.444. The highest BCUT2D eigenvalue weighted by atomic mass is 32.2. The Morgan fingerprint density at radius 3 is 2.56 bits per heavy atom. The number of nitrogens with one attached hydrogen (secondary N) is 1. The van der Waals surface area contributed by atoms with Crippen LogP contribution in [0, 0.1) is 11.3 Å². The van der Waals surface area contributed by atoms with Crippen LogP contribution in [-0.2, 0) is 20.8 Å². The van der Waals surface area contributed by atoms with Gasteiger partial charge in [-0.25, -0.2) is 0 Å². The number of nitrogens with zero attached hydrogens (tertiary/aromatic N) is 1. The van der Waals surface area contributed by atoms with Crippen LogP contribution in [0.15, 0.2) is 24.3 Å². The summed E-state index contributed by atoms with van der Waals surface area (Å²) < 4.78 is 0. The second kappa shape index (κ2) is 7.39. The van der Waals surface area contributed by atoms with E-state index in [1.54, 1.807) is 4.90 Å². The van der Waals surface area contributed by atoms with Gasteiger partial charge in [0.2, 0.25) is 5.91 Å². The molecule has 1 fully saturated rings. The van der Waals surface area contributed by atoms with E-state index < -0.39 is 12.0 Å². The Bertz CT molecular complexity index is 718. The summed E-state index contributed by atoms with van der Waals surface area (Å²) in [6, 6.07) is 7.18. The molecule has 2 aliphatic rings. The van der Waals surface area contributed by atoms with E-state index in [-0.39, 0.29) is 28.4 Å². The Balaban J connectivity index is 1.97. The normalized spacial score (nSPS) is 21.1. The second-order valence-corrected chi connectivity index (χ2v) is 7.41. The average molecular weight is 359 g/mol. The Kier molecular flexibility index (Phi) is 5.22. The van der Waals surface area contributed by atoms with Crippen LogP contribution in [0.2, 0.25) is 0 Å². The zero-order valence-corrected chi connectivity index (χ0v) is 14.7. The molecule has 1 aliphatic heterocycles. The Hall–Kier alpha value is -2.15. The van der Waals surface area contributed by atoms with E-state index in [2.05, 4.69) is 0 Å². The molecule has 1 aromatic rings. The van der Waals surface area contributed by atoms with Gasteiger partial charge in [0.15, 0.2) is 5.17 Å². The molecule has 1 amide bonds. The van der Waals surface area contributed by atoms with Gasteiger partial charge in [-0.05, 0) is 24.0 Å². The SMILES string of the molecule is N=C(N)SCC(=O)N1CCc2ccccc2C1C1C(=O)CCCC1=O. The van der Waals surface area contributed by atoms with Gasteiger partial charge in [0, 0.05) is 19.4 Å². The molecule has 0 aromatic heterocycles. The molecule has 3 rings (SSSR count). The summed E-state index contributed by atoms with van der Waals surface area (Å²) >= 11 is 0.965. The fourth-order valence-electron chi connectivity index (χ4n) is 3.74.